The lowest BCUT2D eigenvalue weighted by Crippen LogP contribution is -2.38. The summed E-state index contributed by atoms with van der Waals surface area (Å²) < 4.78 is 5.17. The average Bonchev–Trinajstić information content (AvgIpc) is 3.08. The fourth-order valence-corrected chi connectivity index (χ4v) is 3.02. The molecular formula is C18H27IN4OS. The van der Waals surface area contributed by atoms with Gasteiger partial charge in [-0.25, -0.2) is 9.98 Å². The second kappa shape index (κ2) is 12.1. The van der Waals surface area contributed by atoms with Gasteiger partial charge in [-0.3, -0.25) is 0 Å². The first-order valence-corrected chi connectivity index (χ1v) is 9.15. The Morgan fingerprint density at radius 2 is 1.96 bits per heavy atom. The van der Waals surface area contributed by atoms with Crippen molar-refractivity contribution in [2.75, 3.05) is 20.2 Å². The summed E-state index contributed by atoms with van der Waals surface area (Å²) in [7, 11) is 1.67. The largest absolute Gasteiger partial charge is 0.497 e. The number of aromatic nitrogens is 1. The lowest BCUT2D eigenvalue weighted by atomic mass is 10.2. The molecule has 0 saturated carbocycles. The van der Waals surface area contributed by atoms with E-state index in [1.165, 1.54) is 9.88 Å². The quantitative estimate of drug-likeness (QED) is 0.349. The van der Waals surface area contributed by atoms with Crippen LogP contribution in [-0.4, -0.2) is 31.1 Å². The van der Waals surface area contributed by atoms with Crippen LogP contribution in [0.5, 0.6) is 5.75 Å². The SMILES string of the molecule is CCNC(=NCc1ccc(OC)cc1)NCCc1ncc(CC)s1.I. The van der Waals surface area contributed by atoms with Crippen LogP contribution in [0.4, 0.5) is 0 Å². The highest BCUT2D eigenvalue weighted by Gasteiger charge is 2.02. The normalized spacial score (nSPS) is 10.9. The summed E-state index contributed by atoms with van der Waals surface area (Å²) in [6, 6.07) is 7.99. The highest BCUT2D eigenvalue weighted by molar-refractivity contribution is 14.0. The number of ether oxygens (including phenoxy) is 1. The molecule has 2 rings (SSSR count). The van der Waals surface area contributed by atoms with Crippen LogP contribution in [0.2, 0.25) is 0 Å². The minimum absolute atomic E-state index is 0. The monoisotopic (exact) mass is 474 g/mol. The second-order valence-corrected chi connectivity index (χ2v) is 6.49. The third kappa shape index (κ3) is 7.60. The number of aliphatic imine (C=N–C) groups is 1. The summed E-state index contributed by atoms with van der Waals surface area (Å²) in [4.78, 5) is 10.4. The van der Waals surface area contributed by atoms with Crippen LogP contribution in [0.25, 0.3) is 0 Å². The van der Waals surface area contributed by atoms with E-state index in [2.05, 4.69) is 34.5 Å². The topological polar surface area (TPSA) is 58.5 Å². The van der Waals surface area contributed by atoms with Crippen LogP contribution >= 0.6 is 35.3 Å². The van der Waals surface area contributed by atoms with Crippen molar-refractivity contribution in [1.29, 1.82) is 0 Å². The minimum atomic E-state index is 0. The maximum absolute atomic E-state index is 5.17. The molecule has 0 aliphatic heterocycles. The smallest absolute Gasteiger partial charge is 0.191 e. The summed E-state index contributed by atoms with van der Waals surface area (Å²) in [5.74, 6) is 1.70. The lowest BCUT2D eigenvalue weighted by molar-refractivity contribution is 0.414. The molecule has 7 heteroatoms. The zero-order chi connectivity index (χ0) is 17.2. The number of halogens is 1. The van der Waals surface area contributed by atoms with Crippen LogP contribution in [0.3, 0.4) is 0 Å². The average molecular weight is 474 g/mol. The van der Waals surface area contributed by atoms with Gasteiger partial charge in [0.2, 0.25) is 0 Å². The minimum Gasteiger partial charge on any atom is -0.497 e. The summed E-state index contributed by atoms with van der Waals surface area (Å²) in [5, 5.41) is 7.82. The molecule has 0 fully saturated rings. The van der Waals surface area contributed by atoms with E-state index in [1.807, 2.05) is 30.5 Å². The summed E-state index contributed by atoms with van der Waals surface area (Å²) >= 11 is 1.79. The number of hydrogen-bond acceptors (Lipinski definition) is 4. The van der Waals surface area contributed by atoms with Gasteiger partial charge in [-0.05, 0) is 31.0 Å². The molecule has 0 saturated heterocycles. The van der Waals surface area contributed by atoms with Gasteiger partial charge < -0.3 is 15.4 Å². The van der Waals surface area contributed by atoms with Gasteiger partial charge >= 0.3 is 0 Å². The van der Waals surface area contributed by atoms with Crippen LogP contribution < -0.4 is 15.4 Å². The van der Waals surface area contributed by atoms with Crippen molar-refractivity contribution in [1.82, 2.24) is 15.6 Å². The van der Waals surface area contributed by atoms with E-state index in [-0.39, 0.29) is 24.0 Å². The zero-order valence-electron chi connectivity index (χ0n) is 15.0. The first-order chi connectivity index (χ1) is 11.7. The lowest BCUT2D eigenvalue weighted by Gasteiger charge is -2.10. The van der Waals surface area contributed by atoms with E-state index in [0.717, 1.165) is 43.2 Å². The van der Waals surface area contributed by atoms with Crippen LogP contribution in [0.15, 0.2) is 35.5 Å². The van der Waals surface area contributed by atoms with Crippen molar-refractivity contribution in [3.63, 3.8) is 0 Å². The van der Waals surface area contributed by atoms with Crippen molar-refractivity contribution in [3.8, 4) is 5.75 Å². The summed E-state index contributed by atoms with van der Waals surface area (Å²) in [6.45, 7) is 6.52. The predicted octanol–water partition coefficient (Wildman–Crippen LogP) is 3.63. The van der Waals surface area contributed by atoms with Gasteiger partial charge in [0.15, 0.2) is 5.96 Å². The molecule has 0 aliphatic carbocycles. The Labute approximate surface area is 171 Å². The van der Waals surface area contributed by atoms with E-state index in [4.69, 9.17) is 4.74 Å². The van der Waals surface area contributed by atoms with E-state index < -0.39 is 0 Å². The molecule has 0 atom stereocenters. The van der Waals surface area contributed by atoms with Gasteiger partial charge in [-0.15, -0.1) is 35.3 Å². The predicted molar refractivity (Wildman–Crippen MR) is 116 cm³/mol. The fraction of sp³-hybridized carbons (Fsp3) is 0.444. The maximum Gasteiger partial charge on any atom is 0.191 e. The molecule has 0 bridgehead atoms. The number of nitrogens with one attached hydrogen (secondary N) is 2. The van der Waals surface area contributed by atoms with Gasteiger partial charge in [0, 0.05) is 30.6 Å². The number of rotatable bonds is 8. The van der Waals surface area contributed by atoms with Gasteiger partial charge in [0.25, 0.3) is 0 Å². The Morgan fingerprint density at radius 3 is 2.56 bits per heavy atom. The van der Waals surface area contributed by atoms with E-state index in [0.29, 0.717) is 6.54 Å². The number of thiazole rings is 1. The molecule has 25 heavy (non-hydrogen) atoms. The third-order valence-electron chi connectivity index (χ3n) is 3.50. The number of nitrogens with zero attached hydrogens (tertiary/aromatic N) is 2. The van der Waals surface area contributed by atoms with Crippen molar-refractivity contribution in [2.45, 2.75) is 33.2 Å². The zero-order valence-corrected chi connectivity index (χ0v) is 18.2. The molecule has 0 amide bonds. The second-order valence-electron chi connectivity index (χ2n) is 5.29. The van der Waals surface area contributed by atoms with Crippen molar-refractivity contribution in [3.05, 3.63) is 45.9 Å². The molecule has 0 radical (unpaired) electrons. The Bertz CT molecular complexity index is 643. The number of guanidine groups is 1. The molecule has 0 unspecified atom stereocenters. The van der Waals surface area contributed by atoms with E-state index in [9.17, 15) is 0 Å². The number of benzene rings is 1. The first-order valence-electron chi connectivity index (χ1n) is 8.33. The van der Waals surface area contributed by atoms with Gasteiger partial charge in [0.1, 0.15) is 5.75 Å². The number of methoxy groups -OCH3 is 1. The Balaban J connectivity index is 0.00000312. The fourth-order valence-electron chi connectivity index (χ4n) is 2.16. The molecular weight excluding hydrogens is 447 g/mol. The van der Waals surface area contributed by atoms with E-state index in [1.54, 1.807) is 18.4 Å². The molecule has 1 aromatic carbocycles. The van der Waals surface area contributed by atoms with Gasteiger partial charge in [-0.2, -0.15) is 0 Å². The molecule has 138 valence electrons. The first kappa shape index (κ1) is 21.7. The molecule has 2 N–H and O–H groups in total. The van der Waals surface area contributed by atoms with Crippen molar-refractivity contribution >= 4 is 41.3 Å². The Hall–Kier alpha value is -1.35. The highest BCUT2D eigenvalue weighted by Crippen LogP contribution is 2.13. The molecule has 2 aromatic rings. The van der Waals surface area contributed by atoms with Crippen LogP contribution in [0.1, 0.15) is 29.3 Å². The molecule has 5 nitrogen and oxygen atoms in total. The molecule has 0 spiro atoms. The number of aryl methyl sites for hydroxylation is 1. The highest BCUT2D eigenvalue weighted by atomic mass is 127. The standard InChI is InChI=1S/C18H26N4OS.HI/c1-4-16-13-21-17(24-16)10-11-20-18(19-5-2)22-12-14-6-8-15(23-3)9-7-14;/h6-9,13H,4-5,10-12H2,1-3H3,(H2,19,20,22);1H. The summed E-state index contributed by atoms with van der Waals surface area (Å²) in [6.07, 6.45) is 3.94. The third-order valence-corrected chi connectivity index (χ3v) is 4.71. The van der Waals surface area contributed by atoms with Gasteiger partial charge in [-0.1, -0.05) is 19.1 Å². The van der Waals surface area contributed by atoms with Crippen molar-refractivity contribution in [2.24, 2.45) is 4.99 Å². The Morgan fingerprint density at radius 1 is 1.20 bits per heavy atom. The van der Waals surface area contributed by atoms with Crippen LogP contribution in [-0.2, 0) is 19.4 Å². The molecule has 1 aromatic heterocycles. The maximum atomic E-state index is 5.17. The van der Waals surface area contributed by atoms with Gasteiger partial charge in [0.05, 0.1) is 18.7 Å². The van der Waals surface area contributed by atoms with E-state index >= 15 is 0 Å². The Kier molecular flexibility index (Phi) is 10.5. The molecule has 1 heterocycles. The van der Waals surface area contributed by atoms with Crippen LogP contribution in [0, 0.1) is 0 Å². The molecule has 0 aliphatic rings. The summed E-state index contributed by atoms with van der Waals surface area (Å²) in [5.41, 5.74) is 1.15. The van der Waals surface area contributed by atoms with Crippen molar-refractivity contribution < 1.29 is 4.74 Å². The number of hydrogen-bond donors (Lipinski definition) is 2.